The van der Waals surface area contributed by atoms with Gasteiger partial charge in [0.25, 0.3) is 0 Å². The van der Waals surface area contributed by atoms with Gasteiger partial charge in [-0.05, 0) is 27.7 Å². The Morgan fingerprint density at radius 2 is 1.83 bits per heavy atom. The van der Waals surface area contributed by atoms with Crippen LogP contribution in [0.2, 0.25) is 0 Å². The van der Waals surface area contributed by atoms with E-state index < -0.39 is 24.1 Å². The van der Waals surface area contributed by atoms with Gasteiger partial charge in [-0.3, -0.25) is 0 Å². The third-order valence-corrected chi connectivity index (χ3v) is 2.86. The van der Waals surface area contributed by atoms with Crippen LogP contribution in [0.3, 0.4) is 0 Å². The molecule has 1 aromatic heterocycles. The average Bonchev–Trinajstić information content (AvgIpc) is 2.86. The lowest BCUT2D eigenvalue weighted by Gasteiger charge is -2.19. The fourth-order valence-electron chi connectivity index (χ4n) is 1.97. The second-order valence-electron chi connectivity index (χ2n) is 5.99. The van der Waals surface area contributed by atoms with Crippen molar-refractivity contribution < 1.29 is 23.6 Å². The lowest BCUT2D eigenvalue weighted by molar-refractivity contribution is -0.158. The predicted octanol–water partition coefficient (Wildman–Crippen LogP) is 3.15. The van der Waals surface area contributed by atoms with Crippen LogP contribution >= 0.6 is 0 Å². The molecule has 0 aliphatic carbocycles. The molecule has 2 aromatic rings. The molecule has 122 valence electrons. The number of benzene rings is 1. The number of ether oxygens (including phenoxy) is 2. The molecule has 0 spiro atoms. The van der Waals surface area contributed by atoms with E-state index >= 15 is 0 Å². The first-order valence-electron chi connectivity index (χ1n) is 7.18. The number of hydrogen-bond acceptors (Lipinski definition) is 6. The number of carbonyl (C=O) groups excluding carboxylic acids is 2. The van der Waals surface area contributed by atoms with Crippen LogP contribution in [0.5, 0.6) is 0 Å². The van der Waals surface area contributed by atoms with Gasteiger partial charge in [-0.1, -0.05) is 35.5 Å². The third-order valence-electron chi connectivity index (χ3n) is 2.86. The Labute approximate surface area is 134 Å². The molecule has 23 heavy (non-hydrogen) atoms. The van der Waals surface area contributed by atoms with Gasteiger partial charge < -0.3 is 14.0 Å². The number of hydrogen-bond donors (Lipinski definition) is 0. The largest absolute Gasteiger partial charge is 0.457 e. The minimum Gasteiger partial charge on any atom is -0.457 e. The number of esters is 2. The molecule has 1 heterocycles. The zero-order chi connectivity index (χ0) is 17.0. The maximum Gasteiger partial charge on any atom is 0.344 e. The number of nitrogens with zero attached hydrogens (tertiary/aromatic N) is 1. The smallest absolute Gasteiger partial charge is 0.344 e. The number of carbonyl (C=O) groups is 2. The molecule has 0 aliphatic heterocycles. The number of aromatic nitrogens is 1. The summed E-state index contributed by atoms with van der Waals surface area (Å²) in [4.78, 5) is 23.9. The average molecular weight is 317 g/mol. The summed E-state index contributed by atoms with van der Waals surface area (Å²) in [7, 11) is 0. The van der Waals surface area contributed by atoms with E-state index in [1.165, 1.54) is 0 Å². The van der Waals surface area contributed by atoms with Gasteiger partial charge in [-0.25, -0.2) is 9.59 Å². The molecule has 0 bridgehead atoms. The zero-order valence-corrected chi connectivity index (χ0v) is 13.6. The molecule has 0 unspecified atom stereocenters. The van der Waals surface area contributed by atoms with Crippen molar-refractivity contribution in [2.45, 2.75) is 33.3 Å². The molecule has 0 saturated carbocycles. The van der Waals surface area contributed by atoms with Crippen molar-refractivity contribution in [3.63, 3.8) is 0 Å². The van der Waals surface area contributed by atoms with Crippen LogP contribution in [0.4, 0.5) is 0 Å². The Kier molecular flexibility index (Phi) is 4.83. The monoisotopic (exact) mass is 317 g/mol. The highest BCUT2D eigenvalue weighted by molar-refractivity contribution is 5.97. The highest BCUT2D eigenvalue weighted by atomic mass is 16.6. The Morgan fingerprint density at radius 1 is 1.17 bits per heavy atom. The minimum atomic E-state index is -0.673. The summed E-state index contributed by atoms with van der Waals surface area (Å²) in [5.41, 5.74) is 0.692. The molecule has 6 heteroatoms. The van der Waals surface area contributed by atoms with Crippen molar-refractivity contribution in [1.29, 1.82) is 0 Å². The van der Waals surface area contributed by atoms with Gasteiger partial charge in [0.2, 0.25) is 0 Å². The molecule has 0 saturated heterocycles. The van der Waals surface area contributed by atoms with Gasteiger partial charge in [0, 0.05) is 5.56 Å². The predicted molar refractivity (Wildman–Crippen MR) is 82.8 cm³/mol. The van der Waals surface area contributed by atoms with E-state index in [1.54, 1.807) is 27.7 Å². The summed E-state index contributed by atoms with van der Waals surface area (Å²) in [6.45, 7) is 6.37. The van der Waals surface area contributed by atoms with Gasteiger partial charge in [-0.15, -0.1) is 0 Å². The van der Waals surface area contributed by atoms with E-state index in [0.29, 0.717) is 11.5 Å². The van der Waals surface area contributed by atoms with Crippen molar-refractivity contribution in [3.05, 3.63) is 41.7 Å². The standard InChI is InChI=1S/C17H19NO5/c1-11-14(15(18-23-11)12-8-6-5-7-9-12)16(20)21-10-13(19)22-17(2,3)4/h5-9H,10H2,1-4H3. The summed E-state index contributed by atoms with van der Waals surface area (Å²) in [6, 6.07) is 9.13. The SMILES string of the molecule is Cc1onc(-c2ccccc2)c1C(=O)OCC(=O)OC(C)(C)C. The van der Waals surface area contributed by atoms with E-state index in [2.05, 4.69) is 5.16 Å². The first kappa shape index (κ1) is 16.7. The van der Waals surface area contributed by atoms with E-state index in [9.17, 15) is 9.59 Å². The lowest BCUT2D eigenvalue weighted by atomic mass is 10.1. The summed E-state index contributed by atoms with van der Waals surface area (Å²) in [5.74, 6) is -0.951. The topological polar surface area (TPSA) is 78.6 Å². The molecule has 2 rings (SSSR count). The van der Waals surface area contributed by atoms with E-state index in [0.717, 1.165) is 5.56 Å². The van der Waals surface area contributed by atoms with Crippen LogP contribution in [-0.4, -0.2) is 29.3 Å². The van der Waals surface area contributed by atoms with Crippen LogP contribution in [-0.2, 0) is 14.3 Å². The van der Waals surface area contributed by atoms with Crippen molar-refractivity contribution in [1.82, 2.24) is 5.16 Å². The summed E-state index contributed by atoms with van der Waals surface area (Å²) in [5, 5.41) is 3.90. The Hall–Kier alpha value is -2.63. The first-order valence-corrected chi connectivity index (χ1v) is 7.18. The molecule has 6 nitrogen and oxygen atoms in total. The summed E-state index contributed by atoms with van der Waals surface area (Å²) in [6.07, 6.45) is 0. The summed E-state index contributed by atoms with van der Waals surface area (Å²) < 4.78 is 15.2. The first-order chi connectivity index (χ1) is 10.8. The van der Waals surface area contributed by atoms with E-state index in [4.69, 9.17) is 14.0 Å². The summed E-state index contributed by atoms with van der Waals surface area (Å²) >= 11 is 0. The second kappa shape index (κ2) is 6.64. The van der Waals surface area contributed by atoms with E-state index in [-0.39, 0.29) is 5.56 Å². The number of rotatable bonds is 4. The van der Waals surface area contributed by atoms with Crippen LogP contribution < -0.4 is 0 Å². The van der Waals surface area contributed by atoms with Crippen LogP contribution in [0, 0.1) is 6.92 Å². The molecule has 1 aromatic carbocycles. The zero-order valence-electron chi connectivity index (χ0n) is 13.6. The Balaban J connectivity index is 2.12. The normalized spacial score (nSPS) is 11.1. The Bertz CT molecular complexity index is 698. The maximum atomic E-state index is 12.3. The molecule has 0 radical (unpaired) electrons. The molecule has 0 N–H and O–H groups in total. The number of aryl methyl sites for hydroxylation is 1. The van der Waals surface area contributed by atoms with Crippen molar-refractivity contribution in [3.8, 4) is 11.3 Å². The van der Waals surface area contributed by atoms with Crippen molar-refractivity contribution in [2.24, 2.45) is 0 Å². The molecule has 0 atom stereocenters. The Morgan fingerprint density at radius 3 is 2.43 bits per heavy atom. The minimum absolute atomic E-state index is 0.208. The molecular formula is C17H19NO5. The van der Waals surface area contributed by atoms with Gasteiger partial charge in [0.15, 0.2) is 6.61 Å². The maximum absolute atomic E-state index is 12.3. The molecular weight excluding hydrogens is 298 g/mol. The fraction of sp³-hybridized carbons (Fsp3) is 0.353. The second-order valence-corrected chi connectivity index (χ2v) is 5.99. The fourth-order valence-corrected chi connectivity index (χ4v) is 1.97. The molecule has 0 amide bonds. The quantitative estimate of drug-likeness (QED) is 0.806. The van der Waals surface area contributed by atoms with Gasteiger partial charge in [0.05, 0.1) is 0 Å². The van der Waals surface area contributed by atoms with Crippen molar-refractivity contribution >= 4 is 11.9 Å². The highest BCUT2D eigenvalue weighted by Gasteiger charge is 2.24. The van der Waals surface area contributed by atoms with Crippen LogP contribution in [0.25, 0.3) is 11.3 Å². The van der Waals surface area contributed by atoms with Crippen LogP contribution in [0.15, 0.2) is 34.9 Å². The third kappa shape index (κ3) is 4.42. The van der Waals surface area contributed by atoms with Gasteiger partial charge >= 0.3 is 11.9 Å². The van der Waals surface area contributed by atoms with Crippen LogP contribution in [0.1, 0.15) is 36.9 Å². The highest BCUT2D eigenvalue weighted by Crippen LogP contribution is 2.25. The lowest BCUT2D eigenvalue weighted by Crippen LogP contribution is -2.27. The van der Waals surface area contributed by atoms with Crippen molar-refractivity contribution in [2.75, 3.05) is 6.61 Å². The molecule has 0 fully saturated rings. The van der Waals surface area contributed by atoms with Gasteiger partial charge in [0.1, 0.15) is 22.6 Å². The van der Waals surface area contributed by atoms with Gasteiger partial charge in [-0.2, -0.15) is 0 Å². The van der Waals surface area contributed by atoms with E-state index in [1.807, 2.05) is 30.3 Å². The molecule has 0 aliphatic rings.